The minimum atomic E-state index is -1.28. The zero-order chi connectivity index (χ0) is 34.6. The molecular formula is C41H79NO5. The maximum atomic E-state index is 12.5. The second kappa shape index (κ2) is 36.1. The summed E-state index contributed by atoms with van der Waals surface area (Å²) >= 11 is 0. The van der Waals surface area contributed by atoms with Gasteiger partial charge in [-0.2, -0.15) is 0 Å². The van der Waals surface area contributed by atoms with Crippen molar-refractivity contribution in [2.45, 2.75) is 224 Å². The summed E-state index contributed by atoms with van der Waals surface area (Å²) in [5, 5.41) is 43.5. The van der Waals surface area contributed by atoms with Crippen molar-refractivity contribution in [2.24, 2.45) is 0 Å². The third-order valence-electron chi connectivity index (χ3n) is 9.38. The number of hydrogen-bond acceptors (Lipinski definition) is 5. The van der Waals surface area contributed by atoms with Gasteiger partial charge in [-0.25, -0.2) is 0 Å². The molecule has 47 heavy (non-hydrogen) atoms. The molecule has 0 heterocycles. The average Bonchev–Trinajstić information content (AvgIpc) is 3.07. The van der Waals surface area contributed by atoms with Crippen molar-refractivity contribution in [1.82, 2.24) is 5.32 Å². The Hall–Kier alpha value is -1.21. The Labute approximate surface area is 291 Å². The lowest BCUT2D eigenvalue weighted by Gasteiger charge is -2.27. The Morgan fingerprint density at radius 1 is 0.511 bits per heavy atom. The number of allylic oxidation sites excluding steroid dienone is 4. The fraction of sp³-hybridized carbons (Fsp3) is 0.878. The van der Waals surface area contributed by atoms with Gasteiger partial charge in [0.15, 0.2) is 0 Å². The lowest BCUT2D eigenvalue weighted by molar-refractivity contribution is -0.132. The van der Waals surface area contributed by atoms with Gasteiger partial charge in [-0.15, -0.1) is 0 Å². The van der Waals surface area contributed by atoms with Crippen LogP contribution in [0.25, 0.3) is 0 Å². The molecular weight excluding hydrogens is 586 g/mol. The Bertz CT molecular complexity index is 712. The molecule has 0 aromatic heterocycles. The SMILES string of the molecule is CCCCCCCCC/C=C/CCCC(O)C(O)C(CO)NC(=O)C(O)CCCCCCCC/C=C\CCCCCCCCCCC. The molecule has 0 saturated carbocycles. The molecule has 0 aliphatic carbocycles. The highest BCUT2D eigenvalue weighted by Crippen LogP contribution is 2.14. The molecule has 0 radical (unpaired) electrons. The molecule has 0 rings (SSSR count). The topological polar surface area (TPSA) is 110 Å². The molecule has 0 fully saturated rings. The molecule has 0 aromatic rings. The third kappa shape index (κ3) is 30.6. The van der Waals surface area contributed by atoms with E-state index in [0.717, 1.165) is 44.9 Å². The van der Waals surface area contributed by atoms with Crippen LogP contribution < -0.4 is 5.32 Å². The van der Waals surface area contributed by atoms with Crippen LogP contribution >= 0.6 is 0 Å². The van der Waals surface area contributed by atoms with Crippen LogP contribution in [0, 0.1) is 0 Å². The van der Waals surface area contributed by atoms with Crippen molar-refractivity contribution >= 4 is 5.91 Å². The van der Waals surface area contributed by atoms with Gasteiger partial charge in [0.2, 0.25) is 5.91 Å². The first kappa shape index (κ1) is 45.8. The van der Waals surface area contributed by atoms with E-state index in [1.807, 2.05) is 0 Å². The van der Waals surface area contributed by atoms with Gasteiger partial charge in [-0.05, 0) is 64.2 Å². The number of carbonyl (C=O) groups is 1. The second-order valence-corrected chi connectivity index (χ2v) is 14.0. The molecule has 0 saturated heterocycles. The highest BCUT2D eigenvalue weighted by atomic mass is 16.3. The maximum Gasteiger partial charge on any atom is 0.249 e. The summed E-state index contributed by atoms with van der Waals surface area (Å²) in [6, 6.07) is -1.00. The predicted molar refractivity (Wildman–Crippen MR) is 201 cm³/mol. The van der Waals surface area contributed by atoms with Crippen molar-refractivity contribution in [3.8, 4) is 0 Å². The Morgan fingerprint density at radius 2 is 0.872 bits per heavy atom. The lowest BCUT2D eigenvalue weighted by Crippen LogP contribution is -2.53. The van der Waals surface area contributed by atoms with E-state index in [1.54, 1.807) is 0 Å². The largest absolute Gasteiger partial charge is 0.394 e. The van der Waals surface area contributed by atoms with E-state index in [2.05, 4.69) is 43.5 Å². The van der Waals surface area contributed by atoms with Gasteiger partial charge in [0.05, 0.1) is 18.8 Å². The van der Waals surface area contributed by atoms with Crippen molar-refractivity contribution in [3.05, 3.63) is 24.3 Å². The maximum absolute atomic E-state index is 12.5. The van der Waals surface area contributed by atoms with Crippen molar-refractivity contribution < 1.29 is 25.2 Å². The fourth-order valence-electron chi connectivity index (χ4n) is 6.10. The van der Waals surface area contributed by atoms with Crippen LogP contribution in [-0.2, 0) is 4.79 Å². The van der Waals surface area contributed by atoms with E-state index in [9.17, 15) is 25.2 Å². The fourth-order valence-corrected chi connectivity index (χ4v) is 6.10. The zero-order valence-corrected chi connectivity index (χ0v) is 31.0. The summed E-state index contributed by atoms with van der Waals surface area (Å²) < 4.78 is 0. The van der Waals surface area contributed by atoms with Crippen LogP contribution in [0.5, 0.6) is 0 Å². The first-order valence-corrected chi connectivity index (χ1v) is 20.2. The van der Waals surface area contributed by atoms with E-state index in [4.69, 9.17) is 0 Å². The van der Waals surface area contributed by atoms with Gasteiger partial charge in [-0.3, -0.25) is 4.79 Å². The molecule has 6 heteroatoms. The van der Waals surface area contributed by atoms with Crippen molar-refractivity contribution in [3.63, 3.8) is 0 Å². The number of aliphatic hydroxyl groups is 4. The molecule has 0 aliphatic rings. The molecule has 5 N–H and O–H groups in total. The number of aliphatic hydroxyl groups excluding tert-OH is 4. The van der Waals surface area contributed by atoms with E-state index in [1.165, 1.54) is 128 Å². The van der Waals surface area contributed by atoms with Crippen molar-refractivity contribution in [1.29, 1.82) is 0 Å². The van der Waals surface area contributed by atoms with Gasteiger partial charge in [0.1, 0.15) is 12.2 Å². The molecule has 0 bridgehead atoms. The number of carbonyl (C=O) groups excluding carboxylic acids is 1. The number of rotatable bonds is 36. The molecule has 4 unspecified atom stereocenters. The first-order chi connectivity index (χ1) is 23.0. The van der Waals surface area contributed by atoms with E-state index in [0.29, 0.717) is 12.8 Å². The summed E-state index contributed by atoms with van der Waals surface area (Å²) in [6.07, 6.45) is 39.2. The molecule has 4 atom stereocenters. The van der Waals surface area contributed by atoms with Gasteiger partial charge in [-0.1, -0.05) is 160 Å². The van der Waals surface area contributed by atoms with Gasteiger partial charge >= 0.3 is 0 Å². The van der Waals surface area contributed by atoms with Gasteiger partial charge < -0.3 is 25.7 Å². The minimum Gasteiger partial charge on any atom is -0.394 e. The molecule has 6 nitrogen and oxygen atoms in total. The minimum absolute atomic E-state index is 0.357. The first-order valence-electron chi connectivity index (χ1n) is 20.2. The van der Waals surface area contributed by atoms with Crippen LogP contribution in [-0.4, -0.2) is 57.3 Å². The molecule has 0 aliphatic heterocycles. The number of amides is 1. The molecule has 0 aromatic carbocycles. The van der Waals surface area contributed by atoms with E-state index < -0.39 is 36.9 Å². The smallest absolute Gasteiger partial charge is 0.249 e. The Kier molecular flexibility index (Phi) is 35.2. The van der Waals surface area contributed by atoms with Crippen LogP contribution in [0.3, 0.4) is 0 Å². The van der Waals surface area contributed by atoms with Crippen LogP contribution in [0.1, 0.15) is 200 Å². The highest BCUT2D eigenvalue weighted by molar-refractivity contribution is 5.80. The summed E-state index contributed by atoms with van der Waals surface area (Å²) in [4.78, 5) is 12.5. The summed E-state index contributed by atoms with van der Waals surface area (Å²) in [5.41, 5.74) is 0. The number of nitrogens with one attached hydrogen (secondary N) is 1. The monoisotopic (exact) mass is 666 g/mol. The summed E-state index contributed by atoms with van der Waals surface area (Å²) in [5.74, 6) is -0.599. The molecule has 1 amide bonds. The Morgan fingerprint density at radius 3 is 1.28 bits per heavy atom. The zero-order valence-electron chi connectivity index (χ0n) is 31.0. The summed E-state index contributed by atoms with van der Waals surface area (Å²) in [7, 11) is 0. The third-order valence-corrected chi connectivity index (χ3v) is 9.38. The molecule has 278 valence electrons. The van der Waals surface area contributed by atoms with Gasteiger partial charge in [0.25, 0.3) is 0 Å². The quantitative estimate of drug-likeness (QED) is 0.0338. The number of unbranched alkanes of at least 4 members (excludes halogenated alkanes) is 23. The van der Waals surface area contributed by atoms with Crippen molar-refractivity contribution in [2.75, 3.05) is 6.61 Å². The highest BCUT2D eigenvalue weighted by Gasteiger charge is 2.28. The van der Waals surface area contributed by atoms with Gasteiger partial charge in [0, 0.05) is 0 Å². The van der Waals surface area contributed by atoms with Crippen LogP contribution in [0.2, 0.25) is 0 Å². The summed E-state index contributed by atoms with van der Waals surface area (Å²) in [6.45, 7) is 4.01. The van der Waals surface area contributed by atoms with Crippen LogP contribution in [0.15, 0.2) is 24.3 Å². The standard InChI is InChI=1S/C41H79NO5/c1-3-5-7-9-11-13-15-17-18-19-20-21-22-23-25-27-29-31-33-35-39(45)41(47)42-37(36-43)40(46)38(44)34-32-30-28-26-24-16-14-12-10-8-6-4-2/h20-21,26,28,37-40,43-46H,3-19,22-25,27,29-36H2,1-2H3,(H,42,47)/b21-20-,28-26+. The average molecular weight is 666 g/mol. The van der Waals surface area contributed by atoms with Crippen LogP contribution in [0.4, 0.5) is 0 Å². The van der Waals surface area contributed by atoms with E-state index >= 15 is 0 Å². The number of hydrogen-bond donors (Lipinski definition) is 5. The Balaban J connectivity index is 3.80. The predicted octanol–water partition coefficient (Wildman–Crippen LogP) is 10.0. The lowest BCUT2D eigenvalue weighted by atomic mass is 10.00. The second-order valence-electron chi connectivity index (χ2n) is 14.0. The normalized spacial score (nSPS) is 14.6. The van der Waals surface area contributed by atoms with E-state index in [-0.39, 0.29) is 0 Å². The molecule has 0 spiro atoms.